The smallest absolute Gasteiger partial charge is 0.0303 e. The molecular weight excluding hydrogens is 196 g/mol. The van der Waals surface area contributed by atoms with Gasteiger partial charge in [-0.05, 0) is 25.3 Å². The first-order valence-corrected chi connectivity index (χ1v) is 7.13. The minimum atomic E-state index is 0.200. The summed E-state index contributed by atoms with van der Waals surface area (Å²) in [4.78, 5) is 0. The van der Waals surface area contributed by atoms with Crippen molar-refractivity contribution in [2.75, 3.05) is 13.1 Å². The Morgan fingerprint density at radius 3 is 1.81 bits per heavy atom. The second kappa shape index (κ2) is 9.00. The SMILES string of the molecule is CCCC(CN)(CCC)NCC(CC)CC. The summed E-state index contributed by atoms with van der Waals surface area (Å²) in [5.74, 6) is 0.805. The lowest BCUT2D eigenvalue weighted by molar-refractivity contribution is 0.260. The van der Waals surface area contributed by atoms with Crippen LogP contribution in [0.4, 0.5) is 0 Å². The van der Waals surface area contributed by atoms with Crippen molar-refractivity contribution < 1.29 is 0 Å². The van der Waals surface area contributed by atoms with Gasteiger partial charge in [-0.3, -0.25) is 0 Å². The molecule has 3 N–H and O–H groups in total. The van der Waals surface area contributed by atoms with Crippen LogP contribution in [0.5, 0.6) is 0 Å². The molecule has 0 fully saturated rings. The molecule has 0 aliphatic rings. The van der Waals surface area contributed by atoms with Crippen molar-refractivity contribution in [3.63, 3.8) is 0 Å². The van der Waals surface area contributed by atoms with Crippen LogP contribution in [0, 0.1) is 5.92 Å². The van der Waals surface area contributed by atoms with Crippen molar-refractivity contribution >= 4 is 0 Å². The Kier molecular flexibility index (Phi) is 8.96. The molecule has 2 heteroatoms. The molecule has 16 heavy (non-hydrogen) atoms. The highest BCUT2D eigenvalue weighted by Gasteiger charge is 2.26. The van der Waals surface area contributed by atoms with E-state index in [1.54, 1.807) is 0 Å². The van der Waals surface area contributed by atoms with Gasteiger partial charge in [0.05, 0.1) is 0 Å². The molecule has 0 aliphatic heterocycles. The van der Waals surface area contributed by atoms with Crippen LogP contribution in [0.1, 0.15) is 66.2 Å². The quantitative estimate of drug-likeness (QED) is 0.602. The first-order valence-electron chi connectivity index (χ1n) is 7.13. The van der Waals surface area contributed by atoms with E-state index in [0.29, 0.717) is 0 Å². The van der Waals surface area contributed by atoms with Gasteiger partial charge in [0, 0.05) is 12.1 Å². The molecule has 0 aromatic heterocycles. The molecule has 0 rings (SSSR count). The van der Waals surface area contributed by atoms with Crippen molar-refractivity contribution in [2.24, 2.45) is 11.7 Å². The van der Waals surface area contributed by atoms with Gasteiger partial charge in [-0.15, -0.1) is 0 Å². The summed E-state index contributed by atoms with van der Waals surface area (Å²) in [5, 5.41) is 3.76. The van der Waals surface area contributed by atoms with E-state index >= 15 is 0 Å². The molecule has 0 unspecified atom stereocenters. The van der Waals surface area contributed by atoms with Gasteiger partial charge in [-0.1, -0.05) is 53.4 Å². The molecule has 2 nitrogen and oxygen atoms in total. The average molecular weight is 228 g/mol. The third-order valence-electron chi connectivity index (χ3n) is 3.77. The Labute approximate surface area is 102 Å². The predicted molar refractivity (Wildman–Crippen MR) is 73.7 cm³/mol. The Balaban J connectivity index is 4.27. The fourth-order valence-electron chi connectivity index (χ4n) is 2.47. The second-order valence-corrected chi connectivity index (χ2v) is 5.05. The first kappa shape index (κ1) is 15.9. The molecule has 98 valence electrons. The van der Waals surface area contributed by atoms with Gasteiger partial charge in [0.15, 0.2) is 0 Å². The maximum absolute atomic E-state index is 5.99. The highest BCUT2D eigenvalue weighted by Crippen LogP contribution is 2.19. The fourth-order valence-corrected chi connectivity index (χ4v) is 2.47. The summed E-state index contributed by atoms with van der Waals surface area (Å²) in [6.45, 7) is 11.0. The van der Waals surface area contributed by atoms with E-state index < -0.39 is 0 Å². The molecule has 0 amide bonds. The van der Waals surface area contributed by atoms with Crippen molar-refractivity contribution in [1.82, 2.24) is 5.32 Å². The number of nitrogens with two attached hydrogens (primary N) is 1. The summed E-state index contributed by atoms with van der Waals surface area (Å²) >= 11 is 0. The molecule has 0 saturated carbocycles. The maximum Gasteiger partial charge on any atom is 0.0303 e. The van der Waals surface area contributed by atoms with Crippen molar-refractivity contribution in [3.8, 4) is 0 Å². The van der Waals surface area contributed by atoms with Crippen molar-refractivity contribution in [3.05, 3.63) is 0 Å². The molecule has 0 atom stereocenters. The van der Waals surface area contributed by atoms with E-state index in [1.807, 2.05) is 0 Å². The van der Waals surface area contributed by atoms with Crippen LogP contribution < -0.4 is 11.1 Å². The standard InChI is InChI=1S/C14H32N2/c1-5-9-14(12-15,10-6-2)16-11-13(7-3)8-4/h13,16H,5-12,15H2,1-4H3. The highest BCUT2D eigenvalue weighted by molar-refractivity contribution is 4.88. The lowest BCUT2D eigenvalue weighted by Crippen LogP contribution is -2.52. The van der Waals surface area contributed by atoms with Crippen LogP contribution in [0.15, 0.2) is 0 Å². The van der Waals surface area contributed by atoms with Gasteiger partial charge in [-0.25, -0.2) is 0 Å². The Morgan fingerprint density at radius 2 is 1.50 bits per heavy atom. The topological polar surface area (TPSA) is 38.0 Å². The first-order chi connectivity index (χ1) is 7.67. The van der Waals surface area contributed by atoms with E-state index in [9.17, 15) is 0 Å². The Morgan fingerprint density at radius 1 is 1.00 bits per heavy atom. The van der Waals surface area contributed by atoms with E-state index in [4.69, 9.17) is 5.73 Å². The molecule has 0 saturated heterocycles. The Hall–Kier alpha value is -0.0800. The average Bonchev–Trinajstić information content (AvgIpc) is 2.30. The van der Waals surface area contributed by atoms with Crippen molar-refractivity contribution in [2.45, 2.75) is 71.8 Å². The zero-order chi connectivity index (χ0) is 12.4. The fraction of sp³-hybridized carbons (Fsp3) is 1.00. The van der Waals surface area contributed by atoms with Crippen LogP contribution in [0.25, 0.3) is 0 Å². The number of hydrogen-bond donors (Lipinski definition) is 2. The summed E-state index contributed by atoms with van der Waals surface area (Å²) in [6.07, 6.45) is 7.38. The third kappa shape index (κ3) is 5.31. The minimum absolute atomic E-state index is 0.200. The van der Waals surface area contributed by atoms with Crippen LogP contribution in [-0.2, 0) is 0 Å². The third-order valence-corrected chi connectivity index (χ3v) is 3.77. The molecule has 0 bridgehead atoms. The maximum atomic E-state index is 5.99. The van der Waals surface area contributed by atoms with Crippen molar-refractivity contribution in [1.29, 1.82) is 0 Å². The highest BCUT2D eigenvalue weighted by atomic mass is 15.0. The van der Waals surface area contributed by atoms with E-state index in [1.165, 1.54) is 38.5 Å². The van der Waals surface area contributed by atoms with Gasteiger partial charge in [0.2, 0.25) is 0 Å². The van der Waals surface area contributed by atoms with Crippen LogP contribution in [0.3, 0.4) is 0 Å². The summed E-state index contributed by atoms with van der Waals surface area (Å²) in [5.41, 5.74) is 6.19. The largest absolute Gasteiger partial charge is 0.329 e. The van der Waals surface area contributed by atoms with Crippen LogP contribution in [0.2, 0.25) is 0 Å². The summed E-state index contributed by atoms with van der Waals surface area (Å²) in [6, 6.07) is 0. The monoisotopic (exact) mass is 228 g/mol. The summed E-state index contributed by atoms with van der Waals surface area (Å²) in [7, 11) is 0. The molecule has 0 aromatic carbocycles. The van der Waals surface area contributed by atoms with E-state index in [-0.39, 0.29) is 5.54 Å². The molecule has 0 aromatic rings. The minimum Gasteiger partial charge on any atom is -0.329 e. The van der Waals surface area contributed by atoms with E-state index in [2.05, 4.69) is 33.0 Å². The molecule has 0 radical (unpaired) electrons. The second-order valence-electron chi connectivity index (χ2n) is 5.05. The van der Waals surface area contributed by atoms with Gasteiger partial charge in [0.1, 0.15) is 0 Å². The van der Waals surface area contributed by atoms with Gasteiger partial charge < -0.3 is 11.1 Å². The number of nitrogens with one attached hydrogen (secondary N) is 1. The lowest BCUT2D eigenvalue weighted by atomic mass is 9.87. The molecule has 0 spiro atoms. The van der Waals surface area contributed by atoms with Gasteiger partial charge >= 0.3 is 0 Å². The Bertz CT molecular complexity index is 147. The summed E-state index contributed by atoms with van der Waals surface area (Å²) < 4.78 is 0. The lowest BCUT2D eigenvalue weighted by Gasteiger charge is -2.35. The van der Waals surface area contributed by atoms with E-state index in [0.717, 1.165) is 19.0 Å². The molecular formula is C14H32N2. The number of hydrogen-bond acceptors (Lipinski definition) is 2. The van der Waals surface area contributed by atoms with Crippen LogP contribution in [-0.4, -0.2) is 18.6 Å². The molecule has 0 aliphatic carbocycles. The number of rotatable bonds is 10. The predicted octanol–water partition coefficient (Wildman–Crippen LogP) is 3.31. The van der Waals surface area contributed by atoms with Crippen LogP contribution >= 0.6 is 0 Å². The van der Waals surface area contributed by atoms with Gasteiger partial charge in [0.25, 0.3) is 0 Å². The zero-order valence-corrected chi connectivity index (χ0v) is 11.8. The zero-order valence-electron chi connectivity index (χ0n) is 11.8. The molecule has 0 heterocycles. The normalized spacial score (nSPS) is 12.4. The van der Waals surface area contributed by atoms with Gasteiger partial charge in [-0.2, -0.15) is 0 Å².